The van der Waals surface area contributed by atoms with Crippen LogP contribution in [0.2, 0.25) is 5.02 Å². The number of fused-ring (bicyclic) bond motifs is 1. The van der Waals surface area contributed by atoms with E-state index in [9.17, 15) is 4.79 Å². The fraction of sp³-hybridized carbons (Fsp3) is 0.333. The summed E-state index contributed by atoms with van der Waals surface area (Å²) in [6.45, 7) is 4.15. The molecule has 4 rings (SSSR count). The number of carbonyl (C=O) groups is 1. The van der Waals surface area contributed by atoms with Gasteiger partial charge in [-0.15, -0.1) is 23.7 Å². The monoisotopic (exact) mass is 410 g/mol. The molecule has 2 N–H and O–H groups in total. The number of carbonyl (C=O) groups excluding carboxylic acids is 1. The summed E-state index contributed by atoms with van der Waals surface area (Å²) < 4.78 is 1.88. The number of aromatic nitrogens is 2. The van der Waals surface area contributed by atoms with E-state index in [0.717, 1.165) is 46.0 Å². The summed E-state index contributed by atoms with van der Waals surface area (Å²) in [6.07, 6.45) is 0.991. The van der Waals surface area contributed by atoms with Crippen LogP contribution in [0.5, 0.6) is 0 Å². The maximum absolute atomic E-state index is 12.8. The summed E-state index contributed by atoms with van der Waals surface area (Å²) in [5, 5.41) is 6.33. The molecule has 0 radical (unpaired) electrons. The Bertz CT molecular complexity index is 935. The fourth-order valence-corrected chi connectivity index (χ4v) is 4.55. The van der Waals surface area contributed by atoms with E-state index in [4.69, 9.17) is 17.3 Å². The van der Waals surface area contributed by atoms with Crippen LogP contribution in [0.25, 0.3) is 15.9 Å². The van der Waals surface area contributed by atoms with Crippen molar-refractivity contribution in [3.63, 3.8) is 0 Å². The largest absolute Gasteiger partial charge is 0.338 e. The van der Waals surface area contributed by atoms with Gasteiger partial charge in [-0.2, -0.15) is 5.10 Å². The lowest BCUT2D eigenvalue weighted by molar-refractivity contribution is 0.0792. The van der Waals surface area contributed by atoms with Gasteiger partial charge in [0.25, 0.3) is 5.91 Å². The highest BCUT2D eigenvalue weighted by atomic mass is 35.5. The van der Waals surface area contributed by atoms with Crippen molar-refractivity contribution in [1.82, 2.24) is 14.7 Å². The van der Waals surface area contributed by atoms with Crippen molar-refractivity contribution in [2.24, 2.45) is 11.7 Å². The van der Waals surface area contributed by atoms with E-state index in [2.05, 4.69) is 5.10 Å². The normalized spacial score (nSPS) is 16.9. The van der Waals surface area contributed by atoms with Crippen LogP contribution in [0.4, 0.5) is 0 Å². The number of rotatable bonds is 3. The van der Waals surface area contributed by atoms with E-state index in [1.165, 1.54) is 11.3 Å². The van der Waals surface area contributed by atoms with Gasteiger partial charge in [0.2, 0.25) is 0 Å². The van der Waals surface area contributed by atoms with E-state index in [-0.39, 0.29) is 18.3 Å². The van der Waals surface area contributed by atoms with Crippen LogP contribution in [0.3, 0.4) is 0 Å². The molecule has 3 heterocycles. The van der Waals surface area contributed by atoms with Crippen LogP contribution in [0.15, 0.2) is 30.3 Å². The molecule has 1 fully saturated rings. The predicted octanol–water partition coefficient (Wildman–Crippen LogP) is 3.89. The number of benzene rings is 1. The number of likely N-dealkylation sites (tertiary alicyclic amines) is 1. The standard InChI is InChI=1S/C18H19ClN4OS.ClH/c1-11-15-8-16(17(24)22-7-6-12(9-20)10-22)25-18(15)23(21-11)14-4-2-13(19)3-5-14;/h2-5,8,12H,6-7,9-10,20H2,1H3;1H. The van der Waals surface area contributed by atoms with Crippen LogP contribution in [-0.4, -0.2) is 40.2 Å². The molecular formula is C18H20Cl2N4OS. The Morgan fingerprint density at radius 2 is 2.12 bits per heavy atom. The molecule has 1 atom stereocenters. The van der Waals surface area contributed by atoms with Gasteiger partial charge < -0.3 is 10.6 Å². The third kappa shape index (κ3) is 3.34. The summed E-state index contributed by atoms with van der Waals surface area (Å²) in [6, 6.07) is 9.52. The number of hydrogen-bond donors (Lipinski definition) is 1. The molecule has 0 bridgehead atoms. The minimum Gasteiger partial charge on any atom is -0.338 e. The highest BCUT2D eigenvalue weighted by Gasteiger charge is 2.28. The molecule has 0 spiro atoms. The van der Waals surface area contributed by atoms with Gasteiger partial charge >= 0.3 is 0 Å². The number of hydrogen-bond acceptors (Lipinski definition) is 4. The van der Waals surface area contributed by atoms with E-state index in [1.807, 2.05) is 46.8 Å². The third-order valence-electron chi connectivity index (χ3n) is 4.73. The molecule has 0 saturated carbocycles. The molecular weight excluding hydrogens is 391 g/mol. The van der Waals surface area contributed by atoms with Crippen molar-refractivity contribution in [3.8, 4) is 5.69 Å². The van der Waals surface area contributed by atoms with Gasteiger partial charge in [0.1, 0.15) is 4.83 Å². The summed E-state index contributed by atoms with van der Waals surface area (Å²) in [5.74, 6) is 0.517. The molecule has 1 aliphatic rings. The summed E-state index contributed by atoms with van der Waals surface area (Å²) in [7, 11) is 0. The Morgan fingerprint density at radius 1 is 1.38 bits per heavy atom. The molecule has 8 heteroatoms. The molecule has 1 saturated heterocycles. The Morgan fingerprint density at radius 3 is 2.77 bits per heavy atom. The number of amides is 1. The van der Waals surface area contributed by atoms with E-state index >= 15 is 0 Å². The first-order valence-corrected chi connectivity index (χ1v) is 9.50. The second kappa shape index (κ2) is 7.56. The summed E-state index contributed by atoms with van der Waals surface area (Å²) in [4.78, 5) is 16.5. The Balaban J connectivity index is 0.00000196. The van der Waals surface area contributed by atoms with Crippen molar-refractivity contribution >= 4 is 51.5 Å². The number of nitrogens with two attached hydrogens (primary N) is 1. The number of nitrogens with zero attached hydrogens (tertiary/aromatic N) is 3. The molecule has 138 valence electrons. The van der Waals surface area contributed by atoms with Gasteiger partial charge in [0.15, 0.2) is 0 Å². The van der Waals surface area contributed by atoms with E-state index < -0.39 is 0 Å². The summed E-state index contributed by atoms with van der Waals surface area (Å²) in [5.41, 5.74) is 7.59. The van der Waals surface area contributed by atoms with Gasteiger partial charge in [0.05, 0.1) is 16.3 Å². The molecule has 26 heavy (non-hydrogen) atoms. The van der Waals surface area contributed by atoms with Crippen LogP contribution in [0, 0.1) is 12.8 Å². The van der Waals surface area contributed by atoms with Gasteiger partial charge in [-0.3, -0.25) is 4.79 Å². The molecule has 3 aromatic rings. The minimum absolute atomic E-state index is 0. The summed E-state index contributed by atoms with van der Waals surface area (Å²) >= 11 is 7.47. The van der Waals surface area contributed by atoms with Gasteiger partial charge in [-0.05, 0) is 56.1 Å². The molecule has 0 aliphatic carbocycles. The van der Waals surface area contributed by atoms with Gasteiger partial charge in [-0.25, -0.2) is 4.68 Å². The van der Waals surface area contributed by atoms with Gasteiger partial charge in [-0.1, -0.05) is 11.6 Å². The van der Waals surface area contributed by atoms with E-state index in [1.54, 1.807) is 0 Å². The minimum atomic E-state index is 0. The lowest BCUT2D eigenvalue weighted by atomic mass is 10.1. The Kier molecular flexibility index (Phi) is 5.58. The fourth-order valence-electron chi connectivity index (χ4n) is 3.28. The van der Waals surface area contributed by atoms with Gasteiger partial charge in [0, 0.05) is 23.5 Å². The molecule has 1 unspecified atom stereocenters. The van der Waals surface area contributed by atoms with Crippen LogP contribution in [-0.2, 0) is 0 Å². The zero-order chi connectivity index (χ0) is 17.6. The van der Waals surface area contributed by atoms with Crippen molar-refractivity contribution < 1.29 is 4.79 Å². The van der Waals surface area contributed by atoms with Crippen LogP contribution in [0.1, 0.15) is 21.8 Å². The lowest BCUT2D eigenvalue weighted by Crippen LogP contribution is -2.29. The lowest BCUT2D eigenvalue weighted by Gasteiger charge is -2.14. The van der Waals surface area contributed by atoms with Crippen LogP contribution < -0.4 is 5.73 Å². The molecule has 2 aromatic heterocycles. The predicted molar refractivity (Wildman–Crippen MR) is 109 cm³/mol. The third-order valence-corrected chi connectivity index (χ3v) is 6.08. The first kappa shape index (κ1) is 19.2. The maximum Gasteiger partial charge on any atom is 0.264 e. The molecule has 1 amide bonds. The first-order chi connectivity index (χ1) is 12.1. The molecule has 1 aliphatic heterocycles. The zero-order valence-corrected chi connectivity index (χ0v) is 16.7. The van der Waals surface area contributed by atoms with Crippen molar-refractivity contribution in [2.45, 2.75) is 13.3 Å². The number of halogens is 2. The zero-order valence-electron chi connectivity index (χ0n) is 14.3. The Labute approximate surface area is 167 Å². The van der Waals surface area contributed by atoms with E-state index in [0.29, 0.717) is 17.5 Å². The average molecular weight is 411 g/mol. The second-order valence-electron chi connectivity index (χ2n) is 6.44. The smallest absolute Gasteiger partial charge is 0.264 e. The second-order valence-corrected chi connectivity index (χ2v) is 7.91. The van der Waals surface area contributed by atoms with Crippen molar-refractivity contribution in [2.75, 3.05) is 19.6 Å². The SMILES string of the molecule is Cc1nn(-c2ccc(Cl)cc2)c2sc(C(=O)N3CCC(CN)C3)cc12.Cl. The molecule has 5 nitrogen and oxygen atoms in total. The first-order valence-electron chi connectivity index (χ1n) is 8.31. The highest BCUT2D eigenvalue weighted by molar-refractivity contribution is 7.20. The number of thiophene rings is 1. The maximum atomic E-state index is 12.8. The average Bonchev–Trinajstić information content (AvgIpc) is 3.32. The van der Waals surface area contributed by atoms with Crippen molar-refractivity contribution in [3.05, 3.63) is 45.9 Å². The number of aryl methyl sites for hydroxylation is 1. The highest BCUT2D eigenvalue weighted by Crippen LogP contribution is 2.32. The quantitative estimate of drug-likeness (QED) is 0.711. The topological polar surface area (TPSA) is 64.2 Å². The molecule has 1 aromatic carbocycles. The van der Waals surface area contributed by atoms with Crippen molar-refractivity contribution in [1.29, 1.82) is 0 Å². The Hall–Kier alpha value is -1.60. The van der Waals surface area contributed by atoms with Crippen LogP contribution >= 0.6 is 35.3 Å².